The van der Waals surface area contributed by atoms with Crippen molar-refractivity contribution in [3.8, 4) is 0 Å². The molecular formula is C21H30N6O4S. The molecule has 1 fully saturated rings. The normalized spacial score (nSPS) is 16.3. The van der Waals surface area contributed by atoms with Gasteiger partial charge in [0.2, 0.25) is 17.0 Å². The molecule has 2 aromatic heterocycles. The van der Waals surface area contributed by atoms with Gasteiger partial charge in [-0.1, -0.05) is 11.8 Å². The monoisotopic (exact) mass is 462 g/mol. The van der Waals surface area contributed by atoms with Gasteiger partial charge in [-0.15, -0.1) is 5.10 Å². The maximum atomic E-state index is 12.9. The molecule has 1 saturated heterocycles. The van der Waals surface area contributed by atoms with Gasteiger partial charge in [-0.25, -0.2) is 9.50 Å². The Hall–Kier alpha value is -2.69. The van der Waals surface area contributed by atoms with Crippen LogP contribution in [0.4, 0.5) is 0 Å². The van der Waals surface area contributed by atoms with Crippen LogP contribution < -0.4 is 0 Å². The summed E-state index contributed by atoms with van der Waals surface area (Å²) in [6.45, 7) is 6.71. The Labute approximate surface area is 191 Å². The Morgan fingerprint density at radius 2 is 2.00 bits per heavy atom. The van der Waals surface area contributed by atoms with E-state index < -0.39 is 0 Å². The summed E-state index contributed by atoms with van der Waals surface area (Å²) in [4.78, 5) is 49.6. The number of likely N-dealkylation sites (tertiary alicyclic amines) is 1. The zero-order valence-corrected chi connectivity index (χ0v) is 20.1. The third kappa shape index (κ3) is 5.20. The summed E-state index contributed by atoms with van der Waals surface area (Å²) in [5.41, 5.74) is 2.30. The van der Waals surface area contributed by atoms with E-state index in [1.807, 2.05) is 20.1 Å². The fraction of sp³-hybridized carbons (Fsp3) is 0.619. The zero-order valence-electron chi connectivity index (χ0n) is 19.3. The number of carbonyl (C=O) groups is 3. The van der Waals surface area contributed by atoms with Crippen LogP contribution in [0.15, 0.2) is 5.16 Å². The molecule has 0 aromatic carbocycles. The Bertz CT molecular complexity index is 1020. The molecule has 0 aliphatic carbocycles. The highest BCUT2D eigenvalue weighted by molar-refractivity contribution is 7.98. The highest BCUT2D eigenvalue weighted by Crippen LogP contribution is 2.19. The Morgan fingerprint density at radius 3 is 2.69 bits per heavy atom. The van der Waals surface area contributed by atoms with Crippen molar-refractivity contribution in [1.82, 2.24) is 29.4 Å². The predicted molar refractivity (Wildman–Crippen MR) is 119 cm³/mol. The van der Waals surface area contributed by atoms with Gasteiger partial charge in [-0.05, 0) is 39.9 Å². The number of esters is 1. The number of amides is 2. The summed E-state index contributed by atoms with van der Waals surface area (Å²) in [7, 11) is 1.62. The zero-order chi connectivity index (χ0) is 23.4. The maximum absolute atomic E-state index is 12.9. The number of rotatable bonds is 7. The van der Waals surface area contributed by atoms with Gasteiger partial charge in [-0.2, -0.15) is 4.98 Å². The summed E-state index contributed by atoms with van der Waals surface area (Å²) in [6.07, 6.45) is 3.47. The first-order valence-corrected chi connectivity index (χ1v) is 11.9. The second-order valence-corrected chi connectivity index (χ2v) is 8.70. The SMILES string of the molecule is CCOC(=O)C1CCCN(C(=O)CN(C)C(=O)Cc2c(C)nc3nc(SC)nn3c2C)C1. The van der Waals surface area contributed by atoms with Crippen LogP contribution in [0.5, 0.6) is 0 Å². The average molecular weight is 463 g/mol. The number of aryl methyl sites for hydroxylation is 2. The van der Waals surface area contributed by atoms with Gasteiger partial charge in [0.05, 0.1) is 25.5 Å². The third-order valence-corrected chi connectivity index (χ3v) is 6.27. The number of thioether (sulfide) groups is 1. The van der Waals surface area contributed by atoms with Gasteiger partial charge in [-0.3, -0.25) is 14.4 Å². The van der Waals surface area contributed by atoms with Crippen LogP contribution in [0.2, 0.25) is 0 Å². The lowest BCUT2D eigenvalue weighted by molar-refractivity contribution is -0.152. The number of likely N-dealkylation sites (N-methyl/N-ethyl adjacent to an activating group) is 1. The van der Waals surface area contributed by atoms with E-state index in [0.29, 0.717) is 37.1 Å². The van der Waals surface area contributed by atoms with Gasteiger partial charge in [0.15, 0.2) is 0 Å². The first-order chi connectivity index (χ1) is 15.2. The van der Waals surface area contributed by atoms with Crippen molar-refractivity contribution in [3.63, 3.8) is 0 Å². The maximum Gasteiger partial charge on any atom is 0.310 e. The molecule has 0 spiro atoms. The number of hydrogen-bond acceptors (Lipinski definition) is 8. The van der Waals surface area contributed by atoms with Crippen LogP contribution in [0.1, 0.15) is 36.7 Å². The van der Waals surface area contributed by atoms with E-state index in [2.05, 4.69) is 15.1 Å². The van der Waals surface area contributed by atoms with E-state index in [4.69, 9.17) is 4.74 Å². The number of piperidine rings is 1. The molecule has 32 heavy (non-hydrogen) atoms. The van der Waals surface area contributed by atoms with Crippen molar-refractivity contribution in [1.29, 1.82) is 0 Å². The largest absolute Gasteiger partial charge is 0.466 e. The minimum Gasteiger partial charge on any atom is -0.466 e. The van der Waals surface area contributed by atoms with Crippen molar-refractivity contribution >= 4 is 35.3 Å². The predicted octanol–water partition coefficient (Wildman–Crippen LogP) is 1.27. The molecule has 10 nitrogen and oxygen atoms in total. The molecule has 3 heterocycles. The van der Waals surface area contributed by atoms with Crippen LogP contribution in [0, 0.1) is 19.8 Å². The van der Waals surface area contributed by atoms with Gasteiger partial charge in [0.1, 0.15) is 0 Å². The van der Waals surface area contributed by atoms with Gasteiger partial charge >= 0.3 is 5.97 Å². The van der Waals surface area contributed by atoms with Crippen LogP contribution in [-0.4, -0.2) is 86.7 Å². The number of hydrogen-bond donors (Lipinski definition) is 0. The van der Waals surface area contributed by atoms with Gasteiger partial charge < -0.3 is 14.5 Å². The Balaban J connectivity index is 1.65. The van der Waals surface area contributed by atoms with Crippen molar-refractivity contribution < 1.29 is 19.1 Å². The summed E-state index contributed by atoms with van der Waals surface area (Å²) in [5.74, 6) is -0.412. The molecule has 174 valence electrons. The number of fused-ring (bicyclic) bond motifs is 1. The smallest absolute Gasteiger partial charge is 0.310 e. The molecular weight excluding hydrogens is 432 g/mol. The molecule has 3 rings (SSSR count). The molecule has 0 saturated carbocycles. The van der Waals surface area contributed by atoms with Crippen LogP contribution in [0.25, 0.3) is 5.78 Å². The molecule has 2 aromatic rings. The topological polar surface area (TPSA) is 110 Å². The van der Waals surface area contributed by atoms with Crippen LogP contribution in [0.3, 0.4) is 0 Å². The van der Waals surface area contributed by atoms with E-state index in [9.17, 15) is 14.4 Å². The number of carbonyl (C=O) groups excluding carboxylic acids is 3. The third-order valence-electron chi connectivity index (χ3n) is 5.73. The minimum absolute atomic E-state index is 0.0396. The van der Waals surface area contributed by atoms with E-state index >= 15 is 0 Å². The highest BCUT2D eigenvalue weighted by Gasteiger charge is 2.30. The molecule has 11 heteroatoms. The van der Waals surface area contributed by atoms with E-state index in [1.54, 1.807) is 23.4 Å². The van der Waals surface area contributed by atoms with Crippen molar-refractivity contribution in [3.05, 3.63) is 17.0 Å². The molecule has 0 N–H and O–H groups in total. The fourth-order valence-electron chi connectivity index (χ4n) is 3.87. The summed E-state index contributed by atoms with van der Waals surface area (Å²) < 4.78 is 6.75. The quantitative estimate of drug-likeness (QED) is 0.447. The van der Waals surface area contributed by atoms with Crippen molar-refractivity contribution in [2.24, 2.45) is 5.92 Å². The average Bonchev–Trinajstić information content (AvgIpc) is 3.19. The Kier molecular flexibility index (Phi) is 7.70. The molecule has 1 aliphatic heterocycles. The summed E-state index contributed by atoms with van der Waals surface area (Å²) in [6, 6.07) is 0. The van der Waals surface area contributed by atoms with Crippen molar-refractivity contribution in [2.75, 3.05) is 39.5 Å². The first kappa shape index (κ1) is 24.0. The summed E-state index contributed by atoms with van der Waals surface area (Å²) in [5, 5.41) is 5.03. The highest BCUT2D eigenvalue weighted by atomic mass is 32.2. The molecule has 2 amide bonds. The lowest BCUT2D eigenvalue weighted by Gasteiger charge is -2.32. The van der Waals surface area contributed by atoms with Gasteiger partial charge in [0, 0.05) is 37.1 Å². The lowest BCUT2D eigenvalue weighted by atomic mass is 9.98. The fourth-order valence-corrected chi connectivity index (χ4v) is 4.20. The molecule has 0 bridgehead atoms. The summed E-state index contributed by atoms with van der Waals surface area (Å²) >= 11 is 1.43. The molecule has 0 radical (unpaired) electrons. The number of nitrogens with zero attached hydrogens (tertiary/aromatic N) is 6. The lowest BCUT2D eigenvalue weighted by Crippen LogP contribution is -2.47. The molecule has 1 atom stereocenters. The Morgan fingerprint density at radius 1 is 1.25 bits per heavy atom. The molecule has 1 unspecified atom stereocenters. The van der Waals surface area contributed by atoms with E-state index in [1.165, 1.54) is 16.7 Å². The first-order valence-electron chi connectivity index (χ1n) is 10.7. The standard InChI is InChI=1S/C21H30N6O4S/c1-6-31-19(30)15-8-7-9-26(11-15)18(29)12-25(4)17(28)10-16-13(2)22-20-23-21(32-5)24-27(20)14(16)3/h15H,6-12H2,1-5H3. The van der Waals surface area contributed by atoms with Crippen LogP contribution in [-0.2, 0) is 25.5 Å². The number of aromatic nitrogens is 4. The van der Waals surface area contributed by atoms with Crippen molar-refractivity contribution in [2.45, 2.75) is 45.2 Å². The van der Waals surface area contributed by atoms with E-state index in [-0.39, 0.29) is 36.7 Å². The second kappa shape index (κ2) is 10.3. The second-order valence-electron chi connectivity index (χ2n) is 7.93. The minimum atomic E-state index is -0.300. The number of ether oxygens (including phenoxy) is 1. The van der Waals surface area contributed by atoms with Gasteiger partial charge in [0.25, 0.3) is 5.78 Å². The molecule has 1 aliphatic rings. The van der Waals surface area contributed by atoms with E-state index in [0.717, 1.165) is 23.4 Å². The van der Waals surface area contributed by atoms with Crippen LogP contribution >= 0.6 is 11.8 Å².